The van der Waals surface area contributed by atoms with E-state index in [1.807, 2.05) is 6.07 Å². The Balaban J connectivity index is 1.28. The van der Waals surface area contributed by atoms with Crippen molar-refractivity contribution in [1.82, 2.24) is 4.90 Å². The van der Waals surface area contributed by atoms with Crippen LogP contribution in [0.3, 0.4) is 0 Å². The van der Waals surface area contributed by atoms with E-state index in [2.05, 4.69) is 23.1 Å². The maximum Gasteiger partial charge on any atom is 0.166 e. The van der Waals surface area contributed by atoms with Gasteiger partial charge < -0.3 is 9.64 Å². The smallest absolute Gasteiger partial charge is 0.166 e. The maximum atomic E-state index is 13.0. The van der Waals surface area contributed by atoms with Crippen LogP contribution in [0, 0.1) is 11.7 Å². The molecular formula is C23H26FNO2. The molecule has 0 aromatic heterocycles. The lowest BCUT2D eigenvalue weighted by Crippen LogP contribution is -2.37. The molecule has 27 heavy (non-hydrogen) atoms. The number of carbonyl (C=O) groups is 1. The molecule has 2 aromatic carbocycles. The Hall–Kier alpha value is -2.20. The number of fused-ring (bicyclic) bond motifs is 1. The van der Waals surface area contributed by atoms with Crippen molar-refractivity contribution in [2.45, 2.75) is 31.6 Å². The van der Waals surface area contributed by atoms with Crippen LogP contribution in [-0.2, 0) is 0 Å². The number of nitrogens with zero attached hydrogens (tertiary/aromatic N) is 1. The number of carbonyl (C=O) groups excluding carboxylic acids is 1. The molecule has 1 unspecified atom stereocenters. The van der Waals surface area contributed by atoms with Crippen LogP contribution in [0.1, 0.15) is 47.5 Å². The first-order valence-corrected chi connectivity index (χ1v) is 9.94. The van der Waals surface area contributed by atoms with Gasteiger partial charge in [0, 0.05) is 11.5 Å². The number of likely N-dealkylation sites (tertiary alicyclic amines) is 1. The highest BCUT2D eigenvalue weighted by atomic mass is 19.1. The van der Waals surface area contributed by atoms with Crippen molar-refractivity contribution in [2.75, 3.05) is 26.2 Å². The van der Waals surface area contributed by atoms with Crippen LogP contribution >= 0.6 is 0 Å². The Morgan fingerprint density at radius 3 is 2.56 bits per heavy atom. The fourth-order valence-electron chi connectivity index (χ4n) is 4.32. The molecule has 142 valence electrons. The molecule has 3 nitrogen and oxygen atoms in total. The minimum Gasteiger partial charge on any atom is -0.493 e. The van der Waals surface area contributed by atoms with E-state index in [9.17, 15) is 9.18 Å². The average molecular weight is 367 g/mol. The molecule has 0 saturated carbocycles. The van der Waals surface area contributed by atoms with Crippen molar-refractivity contribution in [3.63, 3.8) is 0 Å². The second-order valence-electron chi connectivity index (χ2n) is 7.65. The van der Waals surface area contributed by atoms with Gasteiger partial charge in [-0.05, 0) is 87.1 Å². The van der Waals surface area contributed by atoms with Gasteiger partial charge in [-0.25, -0.2) is 4.39 Å². The van der Waals surface area contributed by atoms with Crippen molar-refractivity contribution in [1.29, 1.82) is 0 Å². The van der Waals surface area contributed by atoms with Gasteiger partial charge in [0.2, 0.25) is 0 Å². The molecule has 1 atom stereocenters. The van der Waals surface area contributed by atoms with Crippen molar-refractivity contribution in [3.05, 3.63) is 65.5 Å². The molecule has 1 fully saturated rings. The number of rotatable bonds is 5. The normalized spacial score (nSPS) is 20.7. The van der Waals surface area contributed by atoms with E-state index in [1.165, 1.54) is 17.7 Å². The summed E-state index contributed by atoms with van der Waals surface area (Å²) in [5, 5.41) is 0. The number of benzene rings is 2. The van der Waals surface area contributed by atoms with Crippen LogP contribution < -0.4 is 4.74 Å². The van der Waals surface area contributed by atoms with E-state index in [-0.39, 0.29) is 17.5 Å². The number of hydrogen-bond donors (Lipinski definition) is 0. The van der Waals surface area contributed by atoms with E-state index >= 15 is 0 Å². The predicted octanol–water partition coefficient (Wildman–Crippen LogP) is 4.68. The molecule has 2 aliphatic heterocycles. The summed E-state index contributed by atoms with van der Waals surface area (Å²) in [6, 6.07) is 14.3. The van der Waals surface area contributed by atoms with Gasteiger partial charge in [0.05, 0.1) is 6.61 Å². The van der Waals surface area contributed by atoms with E-state index in [4.69, 9.17) is 4.74 Å². The zero-order valence-electron chi connectivity index (χ0n) is 15.6. The summed E-state index contributed by atoms with van der Waals surface area (Å²) in [4.78, 5) is 15.1. The summed E-state index contributed by atoms with van der Waals surface area (Å²) in [5.74, 6) is 1.53. The van der Waals surface area contributed by atoms with Crippen LogP contribution in [0.15, 0.2) is 48.5 Å². The second-order valence-corrected chi connectivity index (χ2v) is 7.65. The molecule has 4 heteroatoms. The third kappa shape index (κ3) is 4.22. The standard InChI is InChI=1S/C23H26FNO2/c24-20-7-5-18(6-8-20)23(26)19-10-14-25(15-11-19)13-9-17-12-16-27-22-4-2-1-3-21(17)22/h1-8,17,19H,9-16H2. The molecule has 4 rings (SSSR count). The summed E-state index contributed by atoms with van der Waals surface area (Å²) >= 11 is 0. The number of hydrogen-bond acceptors (Lipinski definition) is 3. The average Bonchev–Trinajstić information content (AvgIpc) is 2.72. The topological polar surface area (TPSA) is 29.5 Å². The van der Waals surface area contributed by atoms with Gasteiger partial charge in [-0.15, -0.1) is 0 Å². The van der Waals surface area contributed by atoms with E-state index in [1.54, 1.807) is 12.1 Å². The first kappa shape index (κ1) is 18.2. The molecular weight excluding hydrogens is 341 g/mol. The predicted molar refractivity (Wildman–Crippen MR) is 104 cm³/mol. The van der Waals surface area contributed by atoms with Crippen LogP contribution in [-0.4, -0.2) is 36.9 Å². The Kier molecular flexibility index (Phi) is 5.53. The molecule has 1 saturated heterocycles. The molecule has 0 amide bonds. The summed E-state index contributed by atoms with van der Waals surface area (Å²) in [5.41, 5.74) is 1.97. The largest absolute Gasteiger partial charge is 0.493 e. The third-order valence-electron chi connectivity index (χ3n) is 5.96. The molecule has 2 heterocycles. The van der Waals surface area contributed by atoms with E-state index in [0.717, 1.165) is 57.7 Å². The minimum atomic E-state index is -0.295. The molecule has 0 radical (unpaired) electrons. The highest BCUT2D eigenvalue weighted by Crippen LogP contribution is 2.35. The molecule has 0 N–H and O–H groups in total. The van der Waals surface area contributed by atoms with Gasteiger partial charge >= 0.3 is 0 Å². The zero-order chi connectivity index (χ0) is 18.6. The number of Topliss-reactive ketones (excluding diaryl/α,β-unsaturated/α-hetero) is 1. The lowest BCUT2D eigenvalue weighted by atomic mass is 9.87. The Morgan fingerprint density at radius 1 is 1.04 bits per heavy atom. The van der Waals surface area contributed by atoms with Crippen molar-refractivity contribution in [3.8, 4) is 5.75 Å². The first-order valence-electron chi connectivity index (χ1n) is 9.94. The molecule has 0 bridgehead atoms. The monoisotopic (exact) mass is 367 g/mol. The van der Waals surface area contributed by atoms with Gasteiger partial charge in [-0.1, -0.05) is 18.2 Å². The van der Waals surface area contributed by atoms with Crippen LogP contribution in [0.5, 0.6) is 5.75 Å². The molecule has 2 aromatic rings. The Bertz CT molecular complexity index is 781. The fraction of sp³-hybridized carbons (Fsp3) is 0.435. The van der Waals surface area contributed by atoms with E-state index in [0.29, 0.717) is 11.5 Å². The Labute approximate surface area is 160 Å². The first-order chi connectivity index (χ1) is 13.2. The third-order valence-corrected chi connectivity index (χ3v) is 5.96. The van der Waals surface area contributed by atoms with Gasteiger partial charge in [0.25, 0.3) is 0 Å². The van der Waals surface area contributed by atoms with Gasteiger partial charge in [-0.2, -0.15) is 0 Å². The summed E-state index contributed by atoms with van der Waals surface area (Å²) in [7, 11) is 0. The number of piperidine rings is 1. The Morgan fingerprint density at radius 2 is 1.78 bits per heavy atom. The fourth-order valence-corrected chi connectivity index (χ4v) is 4.32. The quantitative estimate of drug-likeness (QED) is 0.719. The highest BCUT2D eigenvalue weighted by Gasteiger charge is 2.27. The summed E-state index contributed by atoms with van der Waals surface area (Å²) in [6.07, 6.45) is 3.99. The van der Waals surface area contributed by atoms with Crippen LogP contribution in [0.4, 0.5) is 4.39 Å². The number of para-hydroxylation sites is 1. The highest BCUT2D eigenvalue weighted by molar-refractivity contribution is 5.97. The van der Waals surface area contributed by atoms with Gasteiger partial charge in [-0.3, -0.25) is 4.79 Å². The van der Waals surface area contributed by atoms with Crippen LogP contribution in [0.25, 0.3) is 0 Å². The zero-order valence-corrected chi connectivity index (χ0v) is 15.6. The summed E-state index contributed by atoms with van der Waals surface area (Å²) in [6.45, 7) is 3.79. The lowest BCUT2D eigenvalue weighted by molar-refractivity contribution is 0.0836. The van der Waals surface area contributed by atoms with Crippen molar-refractivity contribution < 1.29 is 13.9 Å². The van der Waals surface area contributed by atoms with Gasteiger partial charge in [0.1, 0.15) is 11.6 Å². The van der Waals surface area contributed by atoms with E-state index < -0.39 is 0 Å². The molecule has 2 aliphatic rings. The molecule has 0 spiro atoms. The number of ketones is 1. The second kappa shape index (κ2) is 8.22. The van der Waals surface area contributed by atoms with Gasteiger partial charge in [0.15, 0.2) is 5.78 Å². The minimum absolute atomic E-state index is 0.0653. The lowest BCUT2D eigenvalue weighted by Gasteiger charge is -2.33. The van der Waals surface area contributed by atoms with Crippen LogP contribution in [0.2, 0.25) is 0 Å². The molecule has 0 aliphatic carbocycles. The summed E-state index contributed by atoms with van der Waals surface area (Å²) < 4.78 is 18.8. The maximum absolute atomic E-state index is 13.0. The van der Waals surface area contributed by atoms with Crippen molar-refractivity contribution >= 4 is 5.78 Å². The number of ether oxygens (including phenoxy) is 1. The SMILES string of the molecule is O=C(c1ccc(F)cc1)C1CCN(CCC2CCOc3ccccc32)CC1. The number of halogens is 1. The van der Waals surface area contributed by atoms with Crippen molar-refractivity contribution in [2.24, 2.45) is 5.92 Å².